The summed E-state index contributed by atoms with van der Waals surface area (Å²) in [5.74, 6) is -0.00510. The molecular weight excluding hydrogens is 214 g/mol. The fraction of sp³-hybridized carbons (Fsp3) is 0.923. The zero-order valence-electron chi connectivity index (χ0n) is 11.4. The number of rotatable bonds is 8. The van der Waals surface area contributed by atoms with E-state index in [0.717, 1.165) is 25.3 Å². The number of nitrogens with one attached hydrogen (secondary N) is 1. The summed E-state index contributed by atoms with van der Waals surface area (Å²) < 4.78 is 0. The van der Waals surface area contributed by atoms with Crippen LogP contribution < -0.4 is 11.1 Å². The van der Waals surface area contributed by atoms with E-state index in [1.54, 1.807) is 0 Å². The van der Waals surface area contributed by atoms with Gasteiger partial charge in [-0.1, -0.05) is 19.8 Å². The van der Waals surface area contributed by atoms with Crippen molar-refractivity contribution in [1.82, 2.24) is 10.2 Å². The molecule has 1 aliphatic rings. The fourth-order valence-electron chi connectivity index (χ4n) is 1.92. The Bertz CT molecular complexity index is 241. The van der Waals surface area contributed by atoms with Crippen LogP contribution in [0.3, 0.4) is 0 Å². The Morgan fingerprint density at radius 2 is 2.18 bits per heavy atom. The van der Waals surface area contributed by atoms with Crippen LogP contribution in [0.25, 0.3) is 0 Å². The predicted octanol–water partition coefficient (Wildman–Crippen LogP) is 1.10. The van der Waals surface area contributed by atoms with Gasteiger partial charge in [0.15, 0.2) is 0 Å². The second kappa shape index (κ2) is 6.97. The van der Waals surface area contributed by atoms with Crippen LogP contribution in [0, 0.1) is 0 Å². The minimum atomic E-state index is -0.339. The predicted molar refractivity (Wildman–Crippen MR) is 70.8 cm³/mol. The molecule has 0 aromatic carbocycles. The second-order valence-corrected chi connectivity index (χ2v) is 5.24. The Morgan fingerprint density at radius 3 is 2.71 bits per heavy atom. The standard InChI is InChI=1S/C13H27N3O/c1-4-5-6-12(14)13(17)15-9-10(2)16(3)11-7-8-11/h10-12H,4-9,14H2,1-3H3,(H,15,17)/t10?,12-/m0/s1. The molecule has 0 aromatic rings. The highest BCUT2D eigenvalue weighted by Crippen LogP contribution is 2.26. The largest absolute Gasteiger partial charge is 0.353 e. The van der Waals surface area contributed by atoms with Crippen molar-refractivity contribution in [2.24, 2.45) is 5.73 Å². The van der Waals surface area contributed by atoms with Gasteiger partial charge in [0, 0.05) is 18.6 Å². The highest BCUT2D eigenvalue weighted by atomic mass is 16.2. The summed E-state index contributed by atoms with van der Waals surface area (Å²) in [7, 11) is 2.13. The average Bonchev–Trinajstić information content (AvgIpc) is 3.15. The number of unbranched alkanes of at least 4 members (excludes halogenated alkanes) is 1. The number of hydrogen-bond acceptors (Lipinski definition) is 3. The van der Waals surface area contributed by atoms with Crippen molar-refractivity contribution in [3.63, 3.8) is 0 Å². The molecule has 4 nitrogen and oxygen atoms in total. The van der Waals surface area contributed by atoms with Gasteiger partial charge in [-0.3, -0.25) is 9.69 Å². The second-order valence-electron chi connectivity index (χ2n) is 5.24. The number of carbonyl (C=O) groups is 1. The van der Waals surface area contributed by atoms with Crippen molar-refractivity contribution >= 4 is 5.91 Å². The summed E-state index contributed by atoms with van der Waals surface area (Å²) in [6, 6.07) is 0.786. The van der Waals surface area contributed by atoms with Crippen LogP contribution in [0.1, 0.15) is 46.0 Å². The highest BCUT2D eigenvalue weighted by molar-refractivity contribution is 5.81. The van der Waals surface area contributed by atoms with Crippen molar-refractivity contribution in [3.05, 3.63) is 0 Å². The lowest BCUT2D eigenvalue weighted by atomic mass is 10.1. The molecule has 1 saturated carbocycles. The molecule has 3 N–H and O–H groups in total. The maximum Gasteiger partial charge on any atom is 0.236 e. The lowest BCUT2D eigenvalue weighted by molar-refractivity contribution is -0.122. The maximum atomic E-state index is 11.7. The Labute approximate surface area is 105 Å². The molecule has 0 saturated heterocycles. The third-order valence-corrected chi connectivity index (χ3v) is 3.60. The van der Waals surface area contributed by atoms with E-state index >= 15 is 0 Å². The van der Waals surface area contributed by atoms with E-state index in [0.29, 0.717) is 12.6 Å². The zero-order chi connectivity index (χ0) is 12.8. The molecule has 1 rings (SSSR count). The summed E-state index contributed by atoms with van der Waals surface area (Å²) >= 11 is 0. The number of amides is 1. The summed E-state index contributed by atoms with van der Waals surface area (Å²) in [6.07, 6.45) is 5.48. The Morgan fingerprint density at radius 1 is 1.53 bits per heavy atom. The van der Waals surface area contributed by atoms with Crippen LogP contribution in [-0.4, -0.2) is 42.5 Å². The number of likely N-dealkylation sites (N-methyl/N-ethyl adjacent to an activating group) is 1. The molecule has 17 heavy (non-hydrogen) atoms. The first-order valence-corrected chi connectivity index (χ1v) is 6.81. The third kappa shape index (κ3) is 5.04. The summed E-state index contributed by atoms with van der Waals surface area (Å²) in [5, 5.41) is 2.95. The first-order chi connectivity index (χ1) is 8.06. The van der Waals surface area contributed by atoms with Gasteiger partial charge in [0.25, 0.3) is 0 Å². The van der Waals surface area contributed by atoms with E-state index in [2.05, 4.69) is 31.1 Å². The number of nitrogens with zero attached hydrogens (tertiary/aromatic N) is 1. The molecule has 0 aromatic heterocycles. The van der Waals surface area contributed by atoms with E-state index in [9.17, 15) is 4.79 Å². The van der Waals surface area contributed by atoms with Gasteiger partial charge in [0.05, 0.1) is 6.04 Å². The summed E-state index contributed by atoms with van der Waals surface area (Å²) in [4.78, 5) is 14.1. The van der Waals surface area contributed by atoms with Crippen LogP contribution in [-0.2, 0) is 4.79 Å². The van der Waals surface area contributed by atoms with E-state index in [-0.39, 0.29) is 11.9 Å². The molecule has 100 valence electrons. The quantitative estimate of drug-likeness (QED) is 0.669. The van der Waals surface area contributed by atoms with Crippen molar-refractivity contribution in [3.8, 4) is 0 Å². The minimum absolute atomic E-state index is 0.00510. The van der Waals surface area contributed by atoms with Crippen LogP contribution in [0.15, 0.2) is 0 Å². The third-order valence-electron chi connectivity index (χ3n) is 3.60. The van der Waals surface area contributed by atoms with Crippen molar-refractivity contribution in [2.75, 3.05) is 13.6 Å². The average molecular weight is 241 g/mol. The summed E-state index contributed by atoms with van der Waals surface area (Å²) in [6.45, 7) is 4.96. The van der Waals surface area contributed by atoms with Crippen molar-refractivity contribution < 1.29 is 4.79 Å². The van der Waals surface area contributed by atoms with E-state index in [1.807, 2.05) is 0 Å². The SMILES string of the molecule is CCCC[C@H](N)C(=O)NCC(C)N(C)C1CC1. The van der Waals surface area contributed by atoms with E-state index < -0.39 is 0 Å². The molecule has 0 aliphatic heterocycles. The molecule has 1 amide bonds. The van der Waals surface area contributed by atoms with Gasteiger partial charge in [0.2, 0.25) is 5.91 Å². The lowest BCUT2D eigenvalue weighted by Gasteiger charge is -2.25. The Balaban J connectivity index is 2.17. The van der Waals surface area contributed by atoms with E-state index in [1.165, 1.54) is 12.8 Å². The lowest BCUT2D eigenvalue weighted by Crippen LogP contribution is -2.46. The molecule has 0 bridgehead atoms. The van der Waals surface area contributed by atoms with Gasteiger partial charge in [-0.25, -0.2) is 0 Å². The fourth-order valence-corrected chi connectivity index (χ4v) is 1.92. The molecule has 1 aliphatic carbocycles. The van der Waals surface area contributed by atoms with Gasteiger partial charge in [-0.15, -0.1) is 0 Å². The van der Waals surface area contributed by atoms with Gasteiger partial charge < -0.3 is 11.1 Å². The first-order valence-electron chi connectivity index (χ1n) is 6.81. The molecular formula is C13H27N3O. The highest BCUT2D eigenvalue weighted by Gasteiger charge is 2.29. The molecule has 0 heterocycles. The minimum Gasteiger partial charge on any atom is -0.353 e. The maximum absolute atomic E-state index is 11.7. The van der Waals surface area contributed by atoms with Gasteiger partial charge in [-0.05, 0) is 33.2 Å². The molecule has 0 spiro atoms. The van der Waals surface area contributed by atoms with Gasteiger partial charge >= 0.3 is 0 Å². The number of nitrogens with two attached hydrogens (primary N) is 1. The monoisotopic (exact) mass is 241 g/mol. The van der Waals surface area contributed by atoms with Crippen LogP contribution in [0.4, 0.5) is 0 Å². The topological polar surface area (TPSA) is 58.4 Å². The smallest absolute Gasteiger partial charge is 0.236 e. The Hall–Kier alpha value is -0.610. The normalized spacial score (nSPS) is 19.1. The first kappa shape index (κ1) is 14.5. The van der Waals surface area contributed by atoms with Crippen LogP contribution in [0.5, 0.6) is 0 Å². The van der Waals surface area contributed by atoms with Crippen LogP contribution >= 0.6 is 0 Å². The van der Waals surface area contributed by atoms with Crippen molar-refractivity contribution in [1.29, 1.82) is 0 Å². The molecule has 0 radical (unpaired) electrons. The molecule has 2 atom stereocenters. The van der Waals surface area contributed by atoms with Gasteiger partial charge in [0.1, 0.15) is 0 Å². The van der Waals surface area contributed by atoms with Crippen LogP contribution in [0.2, 0.25) is 0 Å². The zero-order valence-corrected chi connectivity index (χ0v) is 11.4. The van der Waals surface area contributed by atoms with E-state index in [4.69, 9.17) is 5.73 Å². The molecule has 1 fully saturated rings. The van der Waals surface area contributed by atoms with Gasteiger partial charge in [-0.2, -0.15) is 0 Å². The summed E-state index contributed by atoms with van der Waals surface area (Å²) in [5.41, 5.74) is 5.81. The molecule has 1 unspecified atom stereocenters. The van der Waals surface area contributed by atoms with Crippen molar-refractivity contribution in [2.45, 2.75) is 64.1 Å². The molecule has 4 heteroatoms. The number of hydrogen-bond donors (Lipinski definition) is 2. The Kier molecular flexibility index (Phi) is 5.92. The number of carbonyl (C=O) groups excluding carboxylic acids is 1.